The molecule has 0 unspecified atom stereocenters. The third-order valence-electron chi connectivity index (χ3n) is 2.56. The predicted molar refractivity (Wildman–Crippen MR) is 65.4 cm³/mol. The van der Waals surface area contributed by atoms with Gasteiger partial charge in [0.15, 0.2) is 0 Å². The molecule has 0 saturated carbocycles. The van der Waals surface area contributed by atoms with Crippen LogP contribution in [-0.4, -0.2) is 5.91 Å². The molecule has 100 valence electrons. The quantitative estimate of drug-likeness (QED) is 0.915. The van der Waals surface area contributed by atoms with Crippen LogP contribution in [0.2, 0.25) is 0 Å². The number of halogens is 3. The van der Waals surface area contributed by atoms with Crippen molar-refractivity contribution in [3.8, 4) is 6.07 Å². The number of nitriles is 1. The van der Waals surface area contributed by atoms with Gasteiger partial charge in [-0.1, -0.05) is 12.1 Å². The number of hydrogen-bond acceptors (Lipinski definition) is 2. The number of benzene rings is 2. The van der Waals surface area contributed by atoms with Crippen LogP contribution in [0.5, 0.6) is 0 Å². The van der Waals surface area contributed by atoms with Crippen LogP contribution in [0.25, 0.3) is 0 Å². The maximum Gasteiger partial charge on any atom is 0.261 e. The van der Waals surface area contributed by atoms with Crippen molar-refractivity contribution in [2.24, 2.45) is 0 Å². The van der Waals surface area contributed by atoms with Gasteiger partial charge in [-0.3, -0.25) is 4.79 Å². The smallest absolute Gasteiger partial charge is 0.261 e. The van der Waals surface area contributed by atoms with Gasteiger partial charge in [0.1, 0.15) is 34.6 Å². The van der Waals surface area contributed by atoms with Gasteiger partial charge in [0.05, 0.1) is 5.69 Å². The molecule has 0 spiro atoms. The Bertz CT molecular complexity index is 703. The standard InChI is InChI=1S/C14H7F3N2O/c15-9-3-2-6-12(8(9)7-18)19-14(20)13-10(16)4-1-5-11(13)17/h1-6H,(H,19,20). The topological polar surface area (TPSA) is 52.9 Å². The minimum absolute atomic E-state index is 0.153. The number of hydrogen-bond donors (Lipinski definition) is 1. The minimum Gasteiger partial charge on any atom is -0.320 e. The van der Waals surface area contributed by atoms with Gasteiger partial charge < -0.3 is 5.32 Å². The summed E-state index contributed by atoms with van der Waals surface area (Å²) in [4.78, 5) is 11.8. The first-order chi connectivity index (χ1) is 9.54. The summed E-state index contributed by atoms with van der Waals surface area (Å²) in [7, 11) is 0. The molecular weight excluding hydrogens is 269 g/mol. The van der Waals surface area contributed by atoms with Crippen LogP contribution in [0.1, 0.15) is 15.9 Å². The third kappa shape index (κ3) is 2.47. The summed E-state index contributed by atoms with van der Waals surface area (Å²) < 4.78 is 40.2. The Morgan fingerprint density at radius 2 is 1.55 bits per heavy atom. The minimum atomic E-state index is -1.09. The second kappa shape index (κ2) is 5.45. The van der Waals surface area contributed by atoms with Gasteiger partial charge in [0, 0.05) is 0 Å². The number of rotatable bonds is 2. The van der Waals surface area contributed by atoms with E-state index in [1.54, 1.807) is 6.07 Å². The van der Waals surface area contributed by atoms with E-state index in [2.05, 4.69) is 5.32 Å². The first-order valence-electron chi connectivity index (χ1n) is 5.48. The lowest BCUT2D eigenvalue weighted by atomic mass is 10.1. The van der Waals surface area contributed by atoms with E-state index < -0.39 is 34.5 Å². The van der Waals surface area contributed by atoms with Gasteiger partial charge in [-0.05, 0) is 24.3 Å². The van der Waals surface area contributed by atoms with Crippen LogP contribution >= 0.6 is 0 Å². The molecule has 2 aromatic carbocycles. The number of nitrogens with zero attached hydrogens (tertiary/aromatic N) is 1. The number of nitrogens with one attached hydrogen (secondary N) is 1. The SMILES string of the molecule is N#Cc1c(F)cccc1NC(=O)c1c(F)cccc1F. The number of carbonyl (C=O) groups excluding carboxylic acids is 1. The summed E-state index contributed by atoms with van der Waals surface area (Å²) >= 11 is 0. The van der Waals surface area contributed by atoms with Crippen LogP contribution in [0.4, 0.5) is 18.9 Å². The van der Waals surface area contributed by atoms with Gasteiger partial charge in [-0.2, -0.15) is 5.26 Å². The van der Waals surface area contributed by atoms with E-state index in [-0.39, 0.29) is 5.69 Å². The Hall–Kier alpha value is -2.81. The molecule has 2 rings (SSSR count). The number of carbonyl (C=O) groups is 1. The van der Waals surface area contributed by atoms with Crippen LogP contribution in [0.15, 0.2) is 36.4 Å². The second-order valence-corrected chi connectivity index (χ2v) is 3.82. The van der Waals surface area contributed by atoms with Gasteiger partial charge in [0.2, 0.25) is 0 Å². The molecule has 0 heterocycles. The normalized spacial score (nSPS) is 9.90. The molecule has 3 nitrogen and oxygen atoms in total. The van der Waals surface area contributed by atoms with E-state index in [4.69, 9.17) is 5.26 Å². The fourth-order valence-electron chi connectivity index (χ4n) is 1.64. The maximum absolute atomic E-state index is 13.4. The van der Waals surface area contributed by atoms with Crippen molar-refractivity contribution in [2.75, 3.05) is 5.32 Å². The highest BCUT2D eigenvalue weighted by atomic mass is 19.1. The molecule has 20 heavy (non-hydrogen) atoms. The van der Waals surface area contributed by atoms with Crippen molar-refractivity contribution in [1.82, 2.24) is 0 Å². The molecule has 6 heteroatoms. The molecule has 1 amide bonds. The molecule has 0 saturated heterocycles. The summed E-state index contributed by atoms with van der Waals surface area (Å²) in [5, 5.41) is 10.9. The van der Waals surface area contributed by atoms with E-state index in [1.165, 1.54) is 12.1 Å². The zero-order valence-corrected chi connectivity index (χ0v) is 9.95. The zero-order valence-electron chi connectivity index (χ0n) is 9.95. The van der Waals surface area contributed by atoms with E-state index >= 15 is 0 Å². The average Bonchev–Trinajstić information content (AvgIpc) is 2.38. The highest BCUT2D eigenvalue weighted by Crippen LogP contribution is 2.20. The Morgan fingerprint density at radius 1 is 1.00 bits per heavy atom. The van der Waals surface area contributed by atoms with Crippen molar-refractivity contribution >= 4 is 11.6 Å². The molecule has 0 fully saturated rings. The van der Waals surface area contributed by atoms with Crippen molar-refractivity contribution < 1.29 is 18.0 Å². The summed E-state index contributed by atoms with van der Waals surface area (Å²) in [5.74, 6) is -4.02. The van der Waals surface area contributed by atoms with Crippen LogP contribution in [-0.2, 0) is 0 Å². The molecule has 0 aliphatic rings. The summed E-state index contributed by atoms with van der Waals surface area (Å²) in [6, 6.07) is 8.11. The van der Waals surface area contributed by atoms with Crippen molar-refractivity contribution in [2.45, 2.75) is 0 Å². The average molecular weight is 276 g/mol. The van der Waals surface area contributed by atoms with Crippen LogP contribution in [0.3, 0.4) is 0 Å². The zero-order chi connectivity index (χ0) is 14.7. The van der Waals surface area contributed by atoms with Crippen molar-refractivity contribution in [3.05, 3.63) is 65.0 Å². The number of amides is 1. The van der Waals surface area contributed by atoms with Gasteiger partial charge in [-0.25, -0.2) is 13.2 Å². The third-order valence-corrected chi connectivity index (χ3v) is 2.56. The van der Waals surface area contributed by atoms with Gasteiger partial charge >= 0.3 is 0 Å². The van der Waals surface area contributed by atoms with Crippen LogP contribution < -0.4 is 5.32 Å². The highest BCUT2D eigenvalue weighted by molar-refractivity contribution is 6.05. The van der Waals surface area contributed by atoms with Gasteiger partial charge in [0.25, 0.3) is 5.91 Å². The first kappa shape index (κ1) is 13.6. The molecule has 0 radical (unpaired) electrons. The number of anilines is 1. The summed E-state index contributed by atoms with van der Waals surface area (Å²) in [6.45, 7) is 0. The molecule has 0 atom stereocenters. The van der Waals surface area contributed by atoms with Crippen molar-refractivity contribution in [1.29, 1.82) is 5.26 Å². The molecule has 0 bridgehead atoms. The van der Waals surface area contributed by atoms with Gasteiger partial charge in [-0.15, -0.1) is 0 Å². The molecule has 0 aliphatic heterocycles. The maximum atomic E-state index is 13.4. The molecule has 0 aliphatic carbocycles. The Morgan fingerprint density at radius 3 is 2.15 bits per heavy atom. The van der Waals surface area contributed by atoms with Crippen LogP contribution in [0, 0.1) is 28.8 Å². The second-order valence-electron chi connectivity index (χ2n) is 3.82. The van der Waals surface area contributed by atoms with E-state index in [1.807, 2.05) is 0 Å². The van der Waals surface area contributed by atoms with E-state index in [9.17, 15) is 18.0 Å². The predicted octanol–water partition coefficient (Wildman–Crippen LogP) is 3.23. The lowest BCUT2D eigenvalue weighted by Gasteiger charge is -2.08. The fourth-order valence-corrected chi connectivity index (χ4v) is 1.64. The molecule has 0 aromatic heterocycles. The monoisotopic (exact) mass is 276 g/mol. The Kier molecular flexibility index (Phi) is 3.71. The molecule has 1 N–H and O–H groups in total. The molecule has 2 aromatic rings. The Balaban J connectivity index is 2.39. The lowest BCUT2D eigenvalue weighted by molar-refractivity contribution is 0.101. The largest absolute Gasteiger partial charge is 0.320 e. The van der Waals surface area contributed by atoms with E-state index in [0.29, 0.717) is 0 Å². The fraction of sp³-hybridized carbons (Fsp3) is 0. The lowest BCUT2D eigenvalue weighted by Crippen LogP contribution is -2.16. The highest BCUT2D eigenvalue weighted by Gasteiger charge is 2.19. The Labute approximate surface area is 112 Å². The van der Waals surface area contributed by atoms with Crippen molar-refractivity contribution in [3.63, 3.8) is 0 Å². The summed E-state index contributed by atoms with van der Waals surface area (Å²) in [5.41, 5.74) is -1.35. The summed E-state index contributed by atoms with van der Waals surface area (Å²) in [6.07, 6.45) is 0. The van der Waals surface area contributed by atoms with E-state index in [0.717, 1.165) is 24.3 Å². The molecular formula is C14H7F3N2O. The first-order valence-corrected chi connectivity index (χ1v) is 5.48.